The van der Waals surface area contributed by atoms with Gasteiger partial charge in [-0.15, -0.1) is 0 Å². The number of hydrogen-bond donors (Lipinski definition) is 3. The Hall–Kier alpha value is -1.60. The normalized spacial score (nSPS) is 21.5. The van der Waals surface area contributed by atoms with Gasteiger partial charge in [-0.1, -0.05) is 15.9 Å². The number of aromatic carboxylic acids is 1. The topological polar surface area (TPSA) is 87.7 Å². The van der Waals surface area contributed by atoms with Gasteiger partial charge in [0.2, 0.25) is 0 Å². The fourth-order valence-corrected chi connectivity index (χ4v) is 2.48. The number of urea groups is 1. The Kier molecular flexibility index (Phi) is 4.29. The SMILES string of the molecule is CC1(NC(=O)Nc2cc(Br)cc(C(=O)O)c2)CCOC1. The Morgan fingerprint density at radius 1 is 1.40 bits per heavy atom. The third-order valence-electron chi connectivity index (χ3n) is 3.04. The van der Waals surface area contributed by atoms with Crippen LogP contribution in [-0.2, 0) is 4.74 Å². The maximum absolute atomic E-state index is 11.9. The summed E-state index contributed by atoms with van der Waals surface area (Å²) in [5, 5.41) is 14.4. The van der Waals surface area contributed by atoms with Crippen LogP contribution in [0.25, 0.3) is 0 Å². The molecular weight excluding hydrogens is 328 g/mol. The number of amides is 2. The minimum absolute atomic E-state index is 0.102. The molecule has 1 aromatic rings. The lowest BCUT2D eigenvalue weighted by Crippen LogP contribution is -2.48. The number of carboxylic acids is 1. The van der Waals surface area contributed by atoms with Crippen LogP contribution < -0.4 is 10.6 Å². The summed E-state index contributed by atoms with van der Waals surface area (Å²) >= 11 is 3.21. The van der Waals surface area contributed by atoms with Crippen LogP contribution in [0.5, 0.6) is 0 Å². The zero-order valence-corrected chi connectivity index (χ0v) is 12.5. The van der Waals surface area contributed by atoms with E-state index in [-0.39, 0.29) is 17.1 Å². The van der Waals surface area contributed by atoms with E-state index in [1.807, 2.05) is 6.92 Å². The molecule has 1 saturated heterocycles. The van der Waals surface area contributed by atoms with Crippen molar-refractivity contribution in [2.75, 3.05) is 18.5 Å². The molecule has 1 unspecified atom stereocenters. The first-order chi connectivity index (χ1) is 9.38. The summed E-state index contributed by atoms with van der Waals surface area (Å²) < 4.78 is 5.84. The van der Waals surface area contributed by atoms with Crippen molar-refractivity contribution in [3.8, 4) is 0 Å². The van der Waals surface area contributed by atoms with E-state index in [0.29, 0.717) is 23.4 Å². The van der Waals surface area contributed by atoms with Crippen LogP contribution in [0.15, 0.2) is 22.7 Å². The second kappa shape index (κ2) is 5.80. The molecule has 1 heterocycles. The number of hydrogen-bond acceptors (Lipinski definition) is 3. The third-order valence-corrected chi connectivity index (χ3v) is 3.49. The van der Waals surface area contributed by atoms with Crippen LogP contribution in [0.4, 0.5) is 10.5 Å². The van der Waals surface area contributed by atoms with Crippen molar-refractivity contribution in [3.05, 3.63) is 28.2 Å². The van der Waals surface area contributed by atoms with E-state index in [2.05, 4.69) is 26.6 Å². The Morgan fingerprint density at radius 3 is 2.75 bits per heavy atom. The van der Waals surface area contributed by atoms with Crippen molar-refractivity contribution in [3.63, 3.8) is 0 Å². The molecule has 6 nitrogen and oxygen atoms in total. The van der Waals surface area contributed by atoms with Crippen LogP contribution in [0.1, 0.15) is 23.7 Å². The molecule has 1 atom stereocenters. The molecule has 0 aliphatic carbocycles. The van der Waals surface area contributed by atoms with Gasteiger partial charge in [0.25, 0.3) is 0 Å². The van der Waals surface area contributed by atoms with Crippen LogP contribution in [0.2, 0.25) is 0 Å². The molecule has 1 aromatic carbocycles. The molecule has 0 spiro atoms. The number of benzene rings is 1. The molecule has 1 aliphatic heterocycles. The monoisotopic (exact) mass is 342 g/mol. The van der Waals surface area contributed by atoms with E-state index in [0.717, 1.165) is 6.42 Å². The fraction of sp³-hybridized carbons (Fsp3) is 0.385. The van der Waals surface area contributed by atoms with Gasteiger partial charge in [-0.25, -0.2) is 9.59 Å². The second-order valence-corrected chi connectivity index (χ2v) is 5.89. The van der Waals surface area contributed by atoms with E-state index >= 15 is 0 Å². The van der Waals surface area contributed by atoms with Gasteiger partial charge in [0.05, 0.1) is 17.7 Å². The zero-order valence-electron chi connectivity index (χ0n) is 10.9. The highest BCUT2D eigenvalue weighted by Crippen LogP contribution is 2.21. The van der Waals surface area contributed by atoms with E-state index < -0.39 is 5.97 Å². The van der Waals surface area contributed by atoms with Gasteiger partial charge in [-0.3, -0.25) is 0 Å². The van der Waals surface area contributed by atoms with Gasteiger partial charge >= 0.3 is 12.0 Å². The lowest BCUT2D eigenvalue weighted by molar-refractivity contribution is 0.0696. The standard InChI is InChI=1S/C13H15BrN2O4/c1-13(2-3-20-7-13)16-12(19)15-10-5-8(11(17)18)4-9(14)6-10/h4-6H,2-3,7H2,1H3,(H,17,18)(H2,15,16,19). The molecule has 0 bridgehead atoms. The first-order valence-corrected chi connectivity index (χ1v) is 6.88. The van der Waals surface area contributed by atoms with Crippen molar-refractivity contribution >= 4 is 33.6 Å². The predicted molar refractivity (Wildman–Crippen MR) is 77.1 cm³/mol. The molecule has 3 N–H and O–H groups in total. The molecule has 1 aliphatic rings. The van der Waals surface area contributed by atoms with E-state index in [9.17, 15) is 9.59 Å². The highest BCUT2D eigenvalue weighted by atomic mass is 79.9. The number of carbonyl (C=O) groups excluding carboxylic acids is 1. The summed E-state index contributed by atoms with van der Waals surface area (Å²) in [5.41, 5.74) is 0.132. The first-order valence-electron chi connectivity index (χ1n) is 6.09. The number of carbonyl (C=O) groups is 2. The summed E-state index contributed by atoms with van der Waals surface area (Å²) in [4.78, 5) is 22.9. The molecule has 0 radical (unpaired) electrons. The maximum atomic E-state index is 11.9. The van der Waals surface area contributed by atoms with Gasteiger partial charge in [-0.2, -0.15) is 0 Å². The molecule has 1 fully saturated rings. The van der Waals surface area contributed by atoms with E-state index in [1.165, 1.54) is 12.1 Å². The zero-order chi connectivity index (χ0) is 14.8. The average Bonchev–Trinajstić information content (AvgIpc) is 2.74. The molecule has 0 aromatic heterocycles. The van der Waals surface area contributed by atoms with Gasteiger partial charge in [0, 0.05) is 16.8 Å². The Morgan fingerprint density at radius 2 is 2.15 bits per heavy atom. The smallest absolute Gasteiger partial charge is 0.335 e. The first kappa shape index (κ1) is 14.8. The van der Waals surface area contributed by atoms with E-state index in [4.69, 9.17) is 9.84 Å². The lowest BCUT2D eigenvalue weighted by Gasteiger charge is -2.23. The molecule has 20 heavy (non-hydrogen) atoms. The Balaban J connectivity index is 2.05. The van der Waals surface area contributed by atoms with Crippen molar-refractivity contribution in [1.82, 2.24) is 5.32 Å². The summed E-state index contributed by atoms with van der Waals surface area (Å²) in [5.74, 6) is -1.05. The van der Waals surface area contributed by atoms with Gasteiger partial charge in [-0.05, 0) is 31.5 Å². The minimum Gasteiger partial charge on any atom is -0.478 e. The number of halogens is 1. The van der Waals surface area contributed by atoms with Crippen LogP contribution in [0, 0.1) is 0 Å². The maximum Gasteiger partial charge on any atom is 0.335 e. The highest BCUT2D eigenvalue weighted by Gasteiger charge is 2.31. The molecule has 108 valence electrons. The largest absolute Gasteiger partial charge is 0.478 e. The number of anilines is 1. The number of rotatable bonds is 3. The number of nitrogens with one attached hydrogen (secondary N) is 2. The average molecular weight is 343 g/mol. The van der Waals surface area contributed by atoms with Crippen LogP contribution in [-0.4, -0.2) is 35.9 Å². The highest BCUT2D eigenvalue weighted by molar-refractivity contribution is 9.10. The number of carboxylic acid groups (broad SMARTS) is 1. The van der Waals surface area contributed by atoms with Crippen molar-refractivity contribution in [2.24, 2.45) is 0 Å². The fourth-order valence-electron chi connectivity index (χ4n) is 1.99. The van der Waals surface area contributed by atoms with Gasteiger partial charge in [0.15, 0.2) is 0 Å². The quantitative estimate of drug-likeness (QED) is 0.787. The third kappa shape index (κ3) is 3.71. The van der Waals surface area contributed by atoms with E-state index in [1.54, 1.807) is 6.07 Å². The molecule has 2 amide bonds. The minimum atomic E-state index is -1.05. The van der Waals surface area contributed by atoms with Crippen LogP contribution in [0.3, 0.4) is 0 Å². The van der Waals surface area contributed by atoms with Gasteiger partial charge in [0.1, 0.15) is 0 Å². The summed E-state index contributed by atoms with van der Waals surface area (Å²) in [6.45, 7) is 3.00. The van der Waals surface area contributed by atoms with Crippen molar-refractivity contribution in [1.29, 1.82) is 0 Å². The van der Waals surface area contributed by atoms with Crippen molar-refractivity contribution in [2.45, 2.75) is 18.9 Å². The predicted octanol–water partition coefficient (Wildman–Crippen LogP) is 2.45. The van der Waals surface area contributed by atoms with Crippen LogP contribution >= 0.6 is 15.9 Å². The lowest BCUT2D eigenvalue weighted by atomic mass is 10.0. The summed E-state index contributed by atoms with van der Waals surface area (Å²) in [6.07, 6.45) is 0.749. The second-order valence-electron chi connectivity index (χ2n) is 4.98. The molecule has 7 heteroatoms. The number of ether oxygens (including phenoxy) is 1. The molecule has 0 saturated carbocycles. The Bertz CT molecular complexity index is 541. The van der Waals surface area contributed by atoms with Crippen molar-refractivity contribution < 1.29 is 19.4 Å². The summed E-state index contributed by atoms with van der Waals surface area (Å²) in [6, 6.07) is 4.13. The molecule has 2 rings (SSSR count). The Labute approximate surface area is 124 Å². The molecular formula is C13H15BrN2O4. The van der Waals surface area contributed by atoms with Gasteiger partial charge < -0.3 is 20.5 Å². The summed E-state index contributed by atoms with van der Waals surface area (Å²) in [7, 11) is 0.